The van der Waals surface area contributed by atoms with Crippen molar-refractivity contribution in [3.63, 3.8) is 0 Å². The van der Waals surface area contributed by atoms with Crippen LogP contribution < -0.4 is 5.73 Å². The summed E-state index contributed by atoms with van der Waals surface area (Å²) in [6, 6.07) is 0. The monoisotopic (exact) mass is 217 g/mol. The molecule has 0 radical (unpaired) electrons. The Balaban J connectivity index is 2.31. The molecule has 0 aromatic heterocycles. The SMILES string of the molecule is C=C1CCCC/C1=C(\N)C1=C(C)CCCC1. The first-order valence-electron chi connectivity index (χ1n) is 6.56. The van der Waals surface area contributed by atoms with E-state index in [1.165, 1.54) is 60.8 Å². The van der Waals surface area contributed by atoms with Crippen LogP contribution in [0.5, 0.6) is 0 Å². The fourth-order valence-corrected chi connectivity index (χ4v) is 2.90. The van der Waals surface area contributed by atoms with Gasteiger partial charge in [0.25, 0.3) is 0 Å². The van der Waals surface area contributed by atoms with Gasteiger partial charge in [-0.2, -0.15) is 0 Å². The van der Waals surface area contributed by atoms with Gasteiger partial charge in [-0.05, 0) is 75.0 Å². The van der Waals surface area contributed by atoms with Crippen LogP contribution in [-0.4, -0.2) is 0 Å². The van der Waals surface area contributed by atoms with Crippen molar-refractivity contribution < 1.29 is 0 Å². The van der Waals surface area contributed by atoms with Gasteiger partial charge in [0, 0.05) is 5.70 Å². The van der Waals surface area contributed by atoms with Crippen molar-refractivity contribution in [1.29, 1.82) is 0 Å². The molecule has 0 atom stereocenters. The van der Waals surface area contributed by atoms with Crippen molar-refractivity contribution >= 4 is 0 Å². The summed E-state index contributed by atoms with van der Waals surface area (Å²) >= 11 is 0. The molecule has 2 rings (SSSR count). The Morgan fingerprint density at radius 1 is 1.00 bits per heavy atom. The van der Waals surface area contributed by atoms with E-state index in [0.717, 1.165) is 18.5 Å². The molecule has 1 heteroatoms. The van der Waals surface area contributed by atoms with Gasteiger partial charge in [-0.3, -0.25) is 0 Å². The molecule has 2 aliphatic carbocycles. The first kappa shape index (κ1) is 11.5. The molecule has 0 amide bonds. The number of rotatable bonds is 1. The van der Waals surface area contributed by atoms with Crippen LogP contribution in [0.15, 0.2) is 34.6 Å². The van der Waals surface area contributed by atoms with Gasteiger partial charge in [-0.25, -0.2) is 0 Å². The lowest BCUT2D eigenvalue weighted by Crippen LogP contribution is -2.13. The quantitative estimate of drug-likeness (QED) is 0.699. The average Bonchev–Trinajstić information content (AvgIpc) is 2.29. The zero-order chi connectivity index (χ0) is 11.5. The number of hydrogen-bond donors (Lipinski definition) is 1. The molecule has 0 aromatic carbocycles. The number of allylic oxidation sites excluding steroid dienone is 4. The fourth-order valence-electron chi connectivity index (χ4n) is 2.90. The van der Waals surface area contributed by atoms with Crippen molar-refractivity contribution in [2.75, 3.05) is 0 Å². The van der Waals surface area contributed by atoms with Crippen LogP contribution >= 0.6 is 0 Å². The van der Waals surface area contributed by atoms with Gasteiger partial charge in [0.05, 0.1) is 0 Å². The van der Waals surface area contributed by atoms with E-state index in [-0.39, 0.29) is 0 Å². The van der Waals surface area contributed by atoms with Crippen molar-refractivity contribution in [1.82, 2.24) is 0 Å². The van der Waals surface area contributed by atoms with Crippen molar-refractivity contribution in [2.45, 2.75) is 58.3 Å². The maximum Gasteiger partial charge on any atom is 0.0381 e. The van der Waals surface area contributed by atoms with Crippen LogP contribution in [0.4, 0.5) is 0 Å². The zero-order valence-electron chi connectivity index (χ0n) is 10.4. The Morgan fingerprint density at radius 2 is 1.62 bits per heavy atom. The molecule has 1 nitrogen and oxygen atoms in total. The predicted molar refractivity (Wildman–Crippen MR) is 70.0 cm³/mol. The van der Waals surface area contributed by atoms with Crippen LogP contribution in [0.1, 0.15) is 58.3 Å². The summed E-state index contributed by atoms with van der Waals surface area (Å²) in [6.07, 6.45) is 9.88. The van der Waals surface area contributed by atoms with E-state index in [0.29, 0.717) is 0 Å². The van der Waals surface area contributed by atoms with Gasteiger partial charge in [-0.15, -0.1) is 0 Å². The van der Waals surface area contributed by atoms with Gasteiger partial charge >= 0.3 is 0 Å². The lowest BCUT2D eigenvalue weighted by molar-refractivity contribution is 0.655. The van der Waals surface area contributed by atoms with Gasteiger partial charge in [0.15, 0.2) is 0 Å². The van der Waals surface area contributed by atoms with Gasteiger partial charge in [0.2, 0.25) is 0 Å². The van der Waals surface area contributed by atoms with E-state index in [2.05, 4.69) is 13.5 Å². The minimum absolute atomic E-state index is 1.07. The smallest absolute Gasteiger partial charge is 0.0381 e. The highest BCUT2D eigenvalue weighted by molar-refractivity contribution is 5.45. The van der Waals surface area contributed by atoms with Crippen LogP contribution in [0.3, 0.4) is 0 Å². The molecule has 2 N–H and O–H groups in total. The third-order valence-corrected chi connectivity index (χ3v) is 3.98. The van der Waals surface area contributed by atoms with Gasteiger partial charge in [0.1, 0.15) is 0 Å². The van der Waals surface area contributed by atoms with Crippen LogP contribution in [0, 0.1) is 0 Å². The van der Waals surface area contributed by atoms with Crippen molar-refractivity contribution in [2.24, 2.45) is 5.73 Å². The minimum Gasteiger partial charge on any atom is -0.398 e. The van der Waals surface area contributed by atoms with Crippen LogP contribution in [0.2, 0.25) is 0 Å². The summed E-state index contributed by atoms with van der Waals surface area (Å²) in [6.45, 7) is 6.42. The van der Waals surface area contributed by atoms with Crippen LogP contribution in [0.25, 0.3) is 0 Å². The highest BCUT2D eigenvalue weighted by Crippen LogP contribution is 2.35. The highest BCUT2D eigenvalue weighted by Gasteiger charge is 2.18. The average molecular weight is 217 g/mol. The fraction of sp³-hybridized carbons (Fsp3) is 0.600. The molecule has 16 heavy (non-hydrogen) atoms. The van der Waals surface area contributed by atoms with E-state index in [4.69, 9.17) is 5.73 Å². The number of nitrogens with two attached hydrogens (primary N) is 1. The zero-order valence-corrected chi connectivity index (χ0v) is 10.4. The molecule has 0 aliphatic heterocycles. The van der Waals surface area contributed by atoms with E-state index in [1.54, 1.807) is 0 Å². The molecule has 0 unspecified atom stereocenters. The Kier molecular flexibility index (Phi) is 3.52. The highest BCUT2D eigenvalue weighted by atomic mass is 14.6. The Labute approximate surface area is 99.1 Å². The second-order valence-corrected chi connectivity index (χ2v) is 5.17. The van der Waals surface area contributed by atoms with E-state index < -0.39 is 0 Å². The normalized spacial score (nSPS) is 25.9. The minimum atomic E-state index is 1.07. The molecule has 0 heterocycles. The predicted octanol–water partition coefficient (Wildman–Crippen LogP) is 4.22. The molecule has 0 spiro atoms. The summed E-state index contributed by atoms with van der Waals surface area (Å²) in [4.78, 5) is 0. The molecule has 0 aromatic rings. The summed E-state index contributed by atoms with van der Waals surface area (Å²) in [5.74, 6) is 0. The second kappa shape index (κ2) is 4.90. The molecule has 0 bridgehead atoms. The van der Waals surface area contributed by atoms with Crippen molar-refractivity contribution in [3.8, 4) is 0 Å². The molecule has 88 valence electrons. The second-order valence-electron chi connectivity index (χ2n) is 5.17. The first-order valence-corrected chi connectivity index (χ1v) is 6.56. The van der Waals surface area contributed by atoms with E-state index >= 15 is 0 Å². The summed E-state index contributed by atoms with van der Waals surface area (Å²) in [7, 11) is 0. The molecule has 2 aliphatic rings. The summed E-state index contributed by atoms with van der Waals surface area (Å²) in [5, 5.41) is 0. The molecule has 1 saturated carbocycles. The Morgan fingerprint density at radius 3 is 2.31 bits per heavy atom. The Hall–Kier alpha value is -0.980. The standard InChI is InChI=1S/C15H23N/c1-11-7-3-5-9-13(11)15(16)14-10-6-4-8-12(14)2/h1,3-10,16H2,2H3/b15-13+. The topological polar surface area (TPSA) is 26.0 Å². The maximum absolute atomic E-state index is 6.36. The first-order chi connectivity index (χ1) is 7.70. The Bertz CT molecular complexity index is 358. The van der Waals surface area contributed by atoms with Crippen molar-refractivity contribution in [3.05, 3.63) is 34.6 Å². The third-order valence-electron chi connectivity index (χ3n) is 3.98. The third kappa shape index (κ3) is 2.23. The van der Waals surface area contributed by atoms with Gasteiger partial charge in [-0.1, -0.05) is 12.2 Å². The molecule has 1 fully saturated rings. The van der Waals surface area contributed by atoms with E-state index in [1.807, 2.05) is 0 Å². The summed E-state index contributed by atoms with van der Waals surface area (Å²) < 4.78 is 0. The summed E-state index contributed by atoms with van der Waals surface area (Å²) in [5.41, 5.74) is 13.0. The molecular formula is C15H23N. The lowest BCUT2D eigenvalue weighted by atomic mass is 9.83. The largest absolute Gasteiger partial charge is 0.398 e. The van der Waals surface area contributed by atoms with Gasteiger partial charge < -0.3 is 5.73 Å². The lowest BCUT2D eigenvalue weighted by Gasteiger charge is -2.24. The van der Waals surface area contributed by atoms with Crippen LogP contribution in [-0.2, 0) is 0 Å². The number of hydrogen-bond acceptors (Lipinski definition) is 1. The molecule has 0 saturated heterocycles. The van der Waals surface area contributed by atoms with E-state index in [9.17, 15) is 0 Å². The maximum atomic E-state index is 6.36. The molecular weight excluding hydrogens is 194 g/mol.